The Labute approximate surface area is 83.4 Å². The summed E-state index contributed by atoms with van der Waals surface area (Å²) in [6.07, 6.45) is 1.12. The number of nitrogens with two attached hydrogens (primary N) is 1. The van der Waals surface area contributed by atoms with Gasteiger partial charge in [-0.25, -0.2) is 0 Å². The number of nitrogens with zero attached hydrogens (tertiary/aromatic N) is 1. The van der Waals surface area contributed by atoms with E-state index in [2.05, 4.69) is 30.3 Å². The number of likely N-dealkylation sites (tertiary alicyclic amines) is 1. The molecule has 0 aliphatic carbocycles. The van der Waals surface area contributed by atoms with Gasteiger partial charge in [0.15, 0.2) is 0 Å². The fourth-order valence-corrected chi connectivity index (χ4v) is 2.89. The number of rotatable bonds is 1. The first-order valence-corrected chi connectivity index (χ1v) is 5.58. The minimum atomic E-state index is 0.318. The van der Waals surface area contributed by atoms with E-state index in [0.717, 1.165) is 13.0 Å². The second-order valence-electron chi connectivity index (χ2n) is 3.81. The van der Waals surface area contributed by atoms with Crippen LogP contribution < -0.4 is 5.73 Å². The van der Waals surface area contributed by atoms with Crippen LogP contribution in [-0.4, -0.2) is 24.5 Å². The number of thiophene rings is 1. The first-order chi connectivity index (χ1) is 6.20. The molecule has 3 heteroatoms. The second kappa shape index (κ2) is 3.40. The van der Waals surface area contributed by atoms with Gasteiger partial charge in [0.1, 0.15) is 0 Å². The smallest absolute Gasteiger partial charge is 0.0507 e. The molecule has 1 aromatic rings. The molecule has 1 aliphatic heterocycles. The van der Waals surface area contributed by atoms with Crippen LogP contribution in [0.1, 0.15) is 22.9 Å². The van der Waals surface area contributed by atoms with Crippen molar-refractivity contribution in [2.75, 3.05) is 13.6 Å². The molecule has 0 amide bonds. The Morgan fingerprint density at radius 2 is 2.38 bits per heavy atom. The molecule has 13 heavy (non-hydrogen) atoms. The molecule has 2 N–H and O–H groups in total. The van der Waals surface area contributed by atoms with Crippen molar-refractivity contribution in [3.63, 3.8) is 0 Å². The minimum absolute atomic E-state index is 0.318. The lowest BCUT2D eigenvalue weighted by Gasteiger charge is -2.22. The zero-order valence-corrected chi connectivity index (χ0v) is 8.97. The molecule has 0 spiro atoms. The van der Waals surface area contributed by atoms with E-state index in [-0.39, 0.29) is 0 Å². The van der Waals surface area contributed by atoms with E-state index in [1.54, 1.807) is 0 Å². The highest BCUT2D eigenvalue weighted by molar-refractivity contribution is 7.10. The van der Waals surface area contributed by atoms with E-state index in [4.69, 9.17) is 5.73 Å². The molecule has 2 heterocycles. The van der Waals surface area contributed by atoms with Crippen LogP contribution in [0.2, 0.25) is 0 Å². The number of aryl methyl sites for hydroxylation is 1. The van der Waals surface area contributed by atoms with Gasteiger partial charge in [-0.3, -0.25) is 4.90 Å². The summed E-state index contributed by atoms with van der Waals surface area (Å²) in [7, 11) is 2.16. The molecule has 1 aliphatic rings. The highest BCUT2D eigenvalue weighted by atomic mass is 32.1. The van der Waals surface area contributed by atoms with Gasteiger partial charge in [0.2, 0.25) is 0 Å². The lowest BCUT2D eigenvalue weighted by atomic mass is 10.0. The second-order valence-corrected chi connectivity index (χ2v) is 4.93. The van der Waals surface area contributed by atoms with E-state index < -0.39 is 0 Å². The standard InChI is InChI=1S/C10H16N2S/c1-7-8(4-6-13-7)10-9(11)3-5-12(10)2/h4,6,9-10H,3,5,11H2,1-2H3. The Hall–Kier alpha value is -0.380. The SMILES string of the molecule is Cc1sccc1C1C(N)CCN1C. The van der Waals surface area contributed by atoms with Gasteiger partial charge >= 0.3 is 0 Å². The van der Waals surface area contributed by atoms with Crippen LogP contribution in [0.3, 0.4) is 0 Å². The molecule has 2 nitrogen and oxygen atoms in total. The molecule has 0 radical (unpaired) electrons. The summed E-state index contributed by atoms with van der Waals surface area (Å²) in [6, 6.07) is 2.98. The van der Waals surface area contributed by atoms with Crippen molar-refractivity contribution < 1.29 is 0 Å². The topological polar surface area (TPSA) is 29.3 Å². The molecule has 2 rings (SSSR count). The van der Waals surface area contributed by atoms with Crippen LogP contribution in [0.15, 0.2) is 11.4 Å². The summed E-state index contributed by atoms with van der Waals surface area (Å²) >= 11 is 1.81. The first kappa shape index (κ1) is 9.19. The largest absolute Gasteiger partial charge is 0.326 e. The Morgan fingerprint density at radius 1 is 1.62 bits per heavy atom. The lowest BCUT2D eigenvalue weighted by Crippen LogP contribution is -2.29. The average Bonchev–Trinajstić information content (AvgIpc) is 2.60. The molecule has 2 unspecified atom stereocenters. The summed E-state index contributed by atoms with van der Waals surface area (Å²) in [6.45, 7) is 3.31. The van der Waals surface area contributed by atoms with Crippen LogP contribution in [0.25, 0.3) is 0 Å². The molecule has 0 saturated carbocycles. The lowest BCUT2D eigenvalue weighted by molar-refractivity contribution is 0.304. The maximum absolute atomic E-state index is 6.09. The van der Waals surface area contributed by atoms with Gasteiger partial charge in [0, 0.05) is 17.5 Å². The number of hydrogen-bond acceptors (Lipinski definition) is 3. The number of likely N-dealkylation sites (N-methyl/N-ethyl adjacent to an activating group) is 1. The van der Waals surface area contributed by atoms with Crippen molar-refractivity contribution in [3.8, 4) is 0 Å². The van der Waals surface area contributed by atoms with Gasteiger partial charge in [-0.15, -0.1) is 11.3 Å². The third-order valence-electron chi connectivity index (χ3n) is 2.91. The van der Waals surface area contributed by atoms with Crippen LogP contribution in [0, 0.1) is 6.92 Å². The van der Waals surface area contributed by atoms with Gasteiger partial charge in [-0.2, -0.15) is 0 Å². The summed E-state index contributed by atoms with van der Waals surface area (Å²) in [5, 5.41) is 2.16. The van der Waals surface area contributed by atoms with Crippen molar-refractivity contribution in [1.29, 1.82) is 0 Å². The Kier molecular flexibility index (Phi) is 2.41. The minimum Gasteiger partial charge on any atom is -0.326 e. The van der Waals surface area contributed by atoms with Gasteiger partial charge in [-0.05, 0) is 37.4 Å². The maximum Gasteiger partial charge on any atom is 0.0507 e. The van der Waals surface area contributed by atoms with E-state index >= 15 is 0 Å². The Bertz CT molecular complexity index is 285. The highest BCUT2D eigenvalue weighted by Gasteiger charge is 2.31. The third kappa shape index (κ3) is 1.52. The average molecular weight is 196 g/mol. The molecule has 2 atom stereocenters. The first-order valence-electron chi connectivity index (χ1n) is 4.70. The van der Waals surface area contributed by atoms with Crippen molar-refractivity contribution >= 4 is 11.3 Å². The Morgan fingerprint density at radius 3 is 2.85 bits per heavy atom. The molecule has 72 valence electrons. The van der Waals surface area contributed by atoms with Crippen LogP contribution in [0.4, 0.5) is 0 Å². The monoisotopic (exact) mass is 196 g/mol. The van der Waals surface area contributed by atoms with E-state index in [0.29, 0.717) is 12.1 Å². The van der Waals surface area contributed by atoms with Crippen LogP contribution in [0.5, 0.6) is 0 Å². The molecular weight excluding hydrogens is 180 g/mol. The normalized spacial score (nSPS) is 29.8. The molecule has 1 saturated heterocycles. The zero-order valence-electron chi connectivity index (χ0n) is 8.16. The molecule has 0 bridgehead atoms. The van der Waals surface area contributed by atoms with Crippen molar-refractivity contribution in [2.24, 2.45) is 5.73 Å². The van der Waals surface area contributed by atoms with Crippen molar-refractivity contribution in [1.82, 2.24) is 4.90 Å². The number of hydrogen-bond donors (Lipinski definition) is 1. The van der Waals surface area contributed by atoms with E-state index in [9.17, 15) is 0 Å². The Balaban J connectivity index is 2.29. The van der Waals surface area contributed by atoms with Gasteiger partial charge in [-0.1, -0.05) is 0 Å². The van der Waals surface area contributed by atoms with Crippen LogP contribution >= 0.6 is 11.3 Å². The summed E-state index contributed by atoms with van der Waals surface area (Å²) in [5.41, 5.74) is 7.52. The quantitative estimate of drug-likeness (QED) is 0.741. The molecule has 1 fully saturated rings. The predicted octanol–water partition coefficient (Wildman–Crippen LogP) is 1.76. The highest BCUT2D eigenvalue weighted by Crippen LogP contribution is 2.33. The van der Waals surface area contributed by atoms with E-state index in [1.807, 2.05) is 11.3 Å². The fourth-order valence-electron chi connectivity index (χ4n) is 2.15. The molecular formula is C10H16N2S. The maximum atomic E-state index is 6.09. The van der Waals surface area contributed by atoms with E-state index in [1.165, 1.54) is 10.4 Å². The summed E-state index contributed by atoms with van der Waals surface area (Å²) < 4.78 is 0. The van der Waals surface area contributed by atoms with Gasteiger partial charge in [0.25, 0.3) is 0 Å². The predicted molar refractivity (Wildman–Crippen MR) is 57.0 cm³/mol. The zero-order chi connectivity index (χ0) is 9.42. The van der Waals surface area contributed by atoms with Gasteiger partial charge in [0.05, 0.1) is 6.04 Å². The molecule has 1 aromatic heterocycles. The van der Waals surface area contributed by atoms with Crippen LogP contribution in [-0.2, 0) is 0 Å². The van der Waals surface area contributed by atoms with Crippen molar-refractivity contribution in [3.05, 3.63) is 21.9 Å². The third-order valence-corrected chi connectivity index (χ3v) is 3.77. The molecule has 0 aromatic carbocycles. The summed E-state index contributed by atoms with van der Waals surface area (Å²) in [4.78, 5) is 3.77. The van der Waals surface area contributed by atoms with Gasteiger partial charge < -0.3 is 5.73 Å². The van der Waals surface area contributed by atoms with Crippen molar-refractivity contribution in [2.45, 2.75) is 25.4 Å². The fraction of sp³-hybridized carbons (Fsp3) is 0.600. The summed E-state index contributed by atoms with van der Waals surface area (Å²) in [5.74, 6) is 0.